The Kier molecular flexibility index (Phi) is 4.28. The van der Waals surface area contributed by atoms with Crippen molar-refractivity contribution in [2.24, 2.45) is 5.92 Å². The number of aryl methyl sites for hydroxylation is 1. The van der Waals surface area contributed by atoms with Gasteiger partial charge in [0.2, 0.25) is 5.91 Å². The van der Waals surface area contributed by atoms with Gasteiger partial charge < -0.3 is 14.6 Å². The molecule has 1 saturated carbocycles. The Bertz CT molecular complexity index is 787. The van der Waals surface area contributed by atoms with E-state index in [1.165, 1.54) is 12.1 Å². The highest BCUT2D eigenvalue weighted by Gasteiger charge is 2.43. The lowest BCUT2D eigenvalue weighted by atomic mass is 9.71. The first-order valence-electron chi connectivity index (χ1n) is 9.30. The fourth-order valence-electron chi connectivity index (χ4n) is 4.52. The van der Waals surface area contributed by atoms with Gasteiger partial charge in [0.15, 0.2) is 0 Å². The maximum atomic E-state index is 13.5. The molecule has 2 aromatic rings. The van der Waals surface area contributed by atoms with Crippen LogP contribution in [0.15, 0.2) is 30.5 Å². The Morgan fingerprint density at radius 3 is 3.04 bits per heavy atom. The zero-order chi connectivity index (χ0) is 17.4. The van der Waals surface area contributed by atoms with E-state index in [2.05, 4.69) is 0 Å². The molecule has 2 aliphatic rings. The number of carbonyl (C=O) groups excluding carboxylic acids is 1. The molecule has 134 valence electrons. The predicted molar refractivity (Wildman–Crippen MR) is 94.6 cm³/mol. The molecule has 2 fully saturated rings. The Hall–Kier alpha value is -1.88. The molecule has 2 atom stereocenters. The van der Waals surface area contributed by atoms with Crippen LogP contribution < -0.4 is 0 Å². The van der Waals surface area contributed by atoms with E-state index in [4.69, 9.17) is 0 Å². The zero-order valence-electron chi connectivity index (χ0n) is 14.5. The molecule has 1 saturated heterocycles. The number of rotatable bonds is 3. The maximum Gasteiger partial charge on any atom is 0.224 e. The van der Waals surface area contributed by atoms with E-state index in [0.717, 1.165) is 36.6 Å². The molecule has 1 amide bonds. The third-order valence-electron chi connectivity index (χ3n) is 6.08. The summed E-state index contributed by atoms with van der Waals surface area (Å²) in [7, 11) is 0. The monoisotopic (exact) mass is 344 g/mol. The van der Waals surface area contributed by atoms with Crippen LogP contribution in [-0.2, 0) is 11.3 Å². The number of amides is 1. The van der Waals surface area contributed by atoms with Crippen LogP contribution in [0.5, 0.6) is 0 Å². The van der Waals surface area contributed by atoms with Crippen molar-refractivity contribution >= 4 is 16.8 Å². The maximum absolute atomic E-state index is 13.5. The third-order valence-corrected chi connectivity index (χ3v) is 6.08. The van der Waals surface area contributed by atoms with E-state index >= 15 is 0 Å². The number of likely N-dealkylation sites (tertiary alicyclic amines) is 1. The molecule has 0 unspecified atom stereocenters. The summed E-state index contributed by atoms with van der Waals surface area (Å²) in [6.07, 6.45) is 7.15. The Labute approximate surface area is 147 Å². The largest absolute Gasteiger partial charge is 0.389 e. The number of nitrogens with zero attached hydrogens (tertiary/aromatic N) is 2. The van der Waals surface area contributed by atoms with Gasteiger partial charge in [-0.05, 0) is 48.9 Å². The number of fused-ring (bicyclic) bond motifs is 2. The minimum atomic E-state index is -0.552. The van der Waals surface area contributed by atoms with Crippen molar-refractivity contribution in [2.45, 2.75) is 50.7 Å². The molecule has 1 aliphatic carbocycles. The molecule has 4 nitrogen and oxygen atoms in total. The highest BCUT2D eigenvalue weighted by atomic mass is 19.1. The minimum Gasteiger partial charge on any atom is -0.389 e. The van der Waals surface area contributed by atoms with Crippen LogP contribution in [0.3, 0.4) is 0 Å². The van der Waals surface area contributed by atoms with Gasteiger partial charge in [-0.3, -0.25) is 4.79 Å². The Morgan fingerprint density at radius 2 is 2.16 bits per heavy atom. The average molecular weight is 344 g/mol. The summed E-state index contributed by atoms with van der Waals surface area (Å²) in [5, 5.41) is 11.7. The number of aromatic nitrogens is 1. The van der Waals surface area contributed by atoms with Gasteiger partial charge in [0.1, 0.15) is 5.82 Å². The van der Waals surface area contributed by atoms with Gasteiger partial charge in [-0.1, -0.05) is 12.8 Å². The predicted octanol–water partition coefficient (Wildman–Crippen LogP) is 3.32. The van der Waals surface area contributed by atoms with Gasteiger partial charge in [0.25, 0.3) is 0 Å². The van der Waals surface area contributed by atoms with E-state index in [0.29, 0.717) is 32.5 Å². The number of carbonyl (C=O) groups is 1. The van der Waals surface area contributed by atoms with Crippen molar-refractivity contribution in [3.8, 4) is 0 Å². The van der Waals surface area contributed by atoms with E-state index in [9.17, 15) is 14.3 Å². The van der Waals surface area contributed by atoms with Crippen LogP contribution in [-0.4, -0.2) is 39.2 Å². The summed E-state index contributed by atoms with van der Waals surface area (Å²) in [6, 6.07) is 6.68. The van der Waals surface area contributed by atoms with Crippen molar-refractivity contribution in [1.29, 1.82) is 0 Å². The number of benzene rings is 1. The SMILES string of the molecule is O=C(CCn1ccc2ccc(F)cc21)N1CC[C@]2(O)CCCC[C@@H]2C1. The fourth-order valence-corrected chi connectivity index (χ4v) is 4.52. The van der Waals surface area contributed by atoms with Gasteiger partial charge in [-0.2, -0.15) is 0 Å². The molecule has 4 rings (SSSR count). The lowest BCUT2D eigenvalue weighted by Gasteiger charge is -2.47. The van der Waals surface area contributed by atoms with Gasteiger partial charge >= 0.3 is 0 Å². The van der Waals surface area contributed by atoms with Crippen molar-refractivity contribution in [1.82, 2.24) is 9.47 Å². The first-order chi connectivity index (χ1) is 12.0. The van der Waals surface area contributed by atoms with Crippen LogP contribution in [0.25, 0.3) is 10.9 Å². The van der Waals surface area contributed by atoms with Crippen molar-refractivity contribution in [3.05, 3.63) is 36.3 Å². The molecule has 1 aliphatic heterocycles. The molecule has 0 bridgehead atoms. The average Bonchev–Trinajstić information content (AvgIpc) is 3.01. The van der Waals surface area contributed by atoms with Crippen LogP contribution in [0.4, 0.5) is 4.39 Å². The smallest absolute Gasteiger partial charge is 0.224 e. The van der Waals surface area contributed by atoms with Crippen molar-refractivity contribution < 1.29 is 14.3 Å². The topological polar surface area (TPSA) is 45.5 Å². The normalized spacial score (nSPS) is 26.6. The molecule has 2 heterocycles. The number of piperidine rings is 1. The molecule has 0 radical (unpaired) electrons. The van der Waals surface area contributed by atoms with E-state index in [1.807, 2.05) is 21.7 Å². The van der Waals surface area contributed by atoms with Crippen LogP contribution in [0.1, 0.15) is 38.5 Å². The molecule has 1 aromatic heterocycles. The lowest BCUT2D eigenvalue weighted by molar-refractivity contribution is -0.143. The second-order valence-electron chi connectivity index (χ2n) is 7.60. The fraction of sp³-hybridized carbons (Fsp3) is 0.550. The molecule has 1 aromatic carbocycles. The summed E-state index contributed by atoms with van der Waals surface area (Å²) in [5.74, 6) is 0.0951. The molecular formula is C20H25FN2O2. The molecule has 0 spiro atoms. The quantitative estimate of drug-likeness (QED) is 0.928. The summed E-state index contributed by atoms with van der Waals surface area (Å²) in [4.78, 5) is 14.5. The van der Waals surface area contributed by atoms with Gasteiger partial charge in [0, 0.05) is 38.2 Å². The second-order valence-corrected chi connectivity index (χ2v) is 7.60. The van der Waals surface area contributed by atoms with Gasteiger partial charge in [0.05, 0.1) is 11.1 Å². The first-order valence-corrected chi connectivity index (χ1v) is 9.30. The highest BCUT2D eigenvalue weighted by molar-refractivity contribution is 5.81. The molecular weight excluding hydrogens is 319 g/mol. The summed E-state index contributed by atoms with van der Waals surface area (Å²) in [6.45, 7) is 1.88. The third kappa shape index (κ3) is 3.17. The Morgan fingerprint density at radius 1 is 1.28 bits per heavy atom. The number of hydrogen-bond donors (Lipinski definition) is 1. The summed E-state index contributed by atoms with van der Waals surface area (Å²) in [5.41, 5.74) is 0.275. The van der Waals surface area contributed by atoms with E-state index < -0.39 is 5.60 Å². The number of halogens is 1. The van der Waals surface area contributed by atoms with Gasteiger partial charge in [-0.15, -0.1) is 0 Å². The highest BCUT2D eigenvalue weighted by Crippen LogP contribution is 2.39. The summed E-state index contributed by atoms with van der Waals surface area (Å²) < 4.78 is 15.4. The van der Waals surface area contributed by atoms with E-state index in [-0.39, 0.29) is 17.6 Å². The van der Waals surface area contributed by atoms with Crippen molar-refractivity contribution in [3.63, 3.8) is 0 Å². The second kappa shape index (κ2) is 6.45. The van der Waals surface area contributed by atoms with Gasteiger partial charge in [-0.25, -0.2) is 4.39 Å². The van der Waals surface area contributed by atoms with Crippen LogP contribution in [0, 0.1) is 11.7 Å². The van der Waals surface area contributed by atoms with Crippen molar-refractivity contribution in [2.75, 3.05) is 13.1 Å². The molecule has 5 heteroatoms. The van der Waals surface area contributed by atoms with Crippen LogP contribution in [0.2, 0.25) is 0 Å². The zero-order valence-corrected chi connectivity index (χ0v) is 14.5. The number of aliphatic hydroxyl groups is 1. The van der Waals surface area contributed by atoms with E-state index in [1.54, 1.807) is 6.07 Å². The summed E-state index contributed by atoms with van der Waals surface area (Å²) >= 11 is 0. The first kappa shape index (κ1) is 16.6. The molecule has 1 N–H and O–H groups in total. The number of hydrogen-bond acceptors (Lipinski definition) is 2. The Balaban J connectivity index is 1.40. The van der Waals surface area contributed by atoms with Crippen LogP contribution >= 0.6 is 0 Å². The standard InChI is InChI=1S/C20H25FN2O2/c21-17-5-4-15-6-10-22(18(15)13-17)11-7-19(24)23-12-9-20(25)8-2-1-3-16(20)14-23/h4-6,10,13,16,25H,1-3,7-9,11-12,14H2/t16-,20-/m1/s1. The lowest BCUT2D eigenvalue weighted by Crippen LogP contribution is -2.54. The molecule has 25 heavy (non-hydrogen) atoms. The minimum absolute atomic E-state index is 0.130.